The minimum absolute atomic E-state index is 0.0655. The molecule has 2 amide bonds. The van der Waals surface area contributed by atoms with Crippen LogP contribution in [0.2, 0.25) is 0 Å². The molecule has 1 fully saturated rings. The molecular weight excluding hydrogens is 300 g/mol. The van der Waals surface area contributed by atoms with Crippen molar-refractivity contribution in [1.29, 1.82) is 0 Å². The topological polar surface area (TPSA) is 49.4 Å². The fraction of sp³-hybridized carbons (Fsp3) is 0.600. The molecule has 0 aromatic heterocycles. The zero-order chi connectivity index (χ0) is 17.2. The van der Waals surface area contributed by atoms with Crippen LogP contribution in [0.25, 0.3) is 0 Å². The normalized spacial score (nSPS) is 26.6. The van der Waals surface area contributed by atoms with Crippen LogP contribution in [-0.4, -0.2) is 34.8 Å². The van der Waals surface area contributed by atoms with Crippen LogP contribution in [0.1, 0.15) is 57.1 Å². The standard InChI is InChI=1S/C20H28N2O2/c1-15(23)22-12-6-5-9-18(22)13-19(24)21-20(2)11-10-16-7-3-4-8-17(16)14-20/h3-4,7-8,18H,5-6,9-14H2,1-2H3,(H,21,24)/t18-,20+/m0/s1. The minimum atomic E-state index is -0.179. The summed E-state index contributed by atoms with van der Waals surface area (Å²) in [6.45, 7) is 4.54. The molecule has 0 bridgehead atoms. The molecule has 4 heteroatoms. The molecule has 1 aromatic rings. The molecule has 0 saturated carbocycles. The lowest BCUT2D eigenvalue weighted by Crippen LogP contribution is -2.52. The number of hydrogen-bond acceptors (Lipinski definition) is 2. The summed E-state index contributed by atoms with van der Waals surface area (Å²) in [5.74, 6) is 0.167. The second-order valence-corrected chi connectivity index (χ2v) is 7.62. The molecule has 1 aromatic carbocycles. The van der Waals surface area contributed by atoms with Gasteiger partial charge in [-0.2, -0.15) is 0 Å². The number of fused-ring (bicyclic) bond motifs is 1. The van der Waals surface area contributed by atoms with Gasteiger partial charge in [0.2, 0.25) is 11.8 Å². The number of piperidine rings is 1. The summed E-state index contributed by atoms with van der Waals surface area (Å²) in [5.41, 5.74) is 2.56. The summed E-state index contributed by atoms with van der Waals surface area (Å²) in [4.78, 5) is 26.3. The number of carbonyl (C=O) groups is 2. The van der Waals surface area contributed by atoms with Gasteiger partial charge in [0, 0.05) is 31.5 Å². The van der Waals surface area contributed by atoms with Gasteiger partial charge >= 0.3 is 0 Å². The Morgan fingerprint density at radius 1 is 1.25 bits per heavy atom. The van der Waals surface area contributed by atoms with E-state index in [2.05, 4.69) is 36.5 Å². The average Bonchev–Trinajstić information content (AvgIpc) is 2.54. The number of amides is 2. The highest BCUT2D eigenvalue weighted by atomic mass is 16.2. The summed E-state index contributed by atoms with van der Waals surface area (Å²) in [6, 6.07) is 8.57. The van der Waals surface area contributed by atoms with Crippen molar-refractivity contribution in [3.63, 3.8) is 0 Å². The first-order valence-corrected chi connectivity index (χ1v) is 9.12. The maximum Gasteiger partial charge on any atom is 0.222 e. The SMILES string of the molecule is CC(=O)N1CCCC[C@H]1CC(=O)N[C@]1(C)CCc2ccccc2C1. The lowest BCUT2D eigenvalue weighted by atomic mass is 9.79. The Morgan fingerprint density at radius 3 is 2.75 bits per heavy atom. The van der Waals surface area contributed by atoms with E-state index >= 15 is 0 Å². The predicted molar refractivity (Wildman–Crippen MR) is 94.7 cm³/mol. The van der Waals surface area contributed by atoms with Crippen LogP contribution >= 0.6 is 0 Å². The van der Waals surface area contributed by atoms with Crippen molar-refractivity contribution in [2.75, 3.05) is 6.54 Å². The van der Waals surface area contributed by atoms with E-state index < -0.39 is 0 Å². The van der Waals surface area contributed by atoms with Crippen molar-refractivity contribution in [3.05, 3.63) is 35.4 Å². The Labute approximate surface area is 144 Å². The van der Waals surface area contributed by atoms with Crippen molar-refractivity contribution in [2.24, 2.45) is 0 Å². The lowest BCUT2D eigenvalue weighted by molar-refractivity contribution is -0.134. The third-order valence-electron chi connectivity index (χ3n) is 5.54. The van der Waals surface area contributed by atoms with E-state index in [0.29, 0.717) is 6.42 Å². The first-order valence-electron chi connectivity index (χ1n) is 9.12. The zero-order valence-corrected chi connectivity index (χ0v) is 14.8. The highest BCUT2D eigenvalue weighted by Crippen LogP contribution is 2.29. The molecule has 1 heterocycles. The predicted octanol–water partition coefficient (Wildman–Crippen LogP) is 2.84. The molecule has 2 atom stereocenters. The van der Waals surface area contributed by atoms with Gasteiger partial charge < -0.3 is 10.2 Å². The fourth-order valence-electron chi connectivity index (χ4n) is 4.23. The monoisotopic (exact) mass is 328 g/mol. The highest BCUT2D eigenvalue weighted by molar-refractivity contribution is 5.79. The third-order valence-corrected chi connectivity index (χ3v) is 5.54. The molecule has 24 heavy (non-hydrogen) atoms. The van der Waals surface area contributed by atoms with Crippen molar-refractivity contribution in [1.82, 2.24) is 10.2 Å². The molecule has 0 radical (unpaired) electrons. The lowest BCUT2D eigenvalue weighted by Gasteiger charge is -2.38. The number of rotatable bonds is 3. The van der Waals surface area contributed by atoms with E-state index in [-0.39, 0.29) is 23.4 Å². The summed E-state index contributed by atoms with van der Waals surface area (Å²) < 4.78 is 0. The Hall–Kier alpha value is -1.84. The van der Waals surface area contributed by atoms with Crippen molar-refractivity contribution in [3.8, 4) is 0 Å². The smallest absolute Gasteiger partial charge is 0.222 e. The van der Waals surface area contributed by atoms with Crippen molar-refractivity contribution in [2.45, 2.75) is 70.4 Å². The number of nitrogens with zero attached hydrogens (tertiary/aromatic N) is 1. The quantitative estimate of drug-likeness (QED) is 0.927. The van der Waals surface area contributed by atoms with E-state index in [1.807, 2.05) is 4.90 Å². The third kappa shape index (κ3) is 3.80. The molecule has 1 N–H and O–H groups in total. The first kappa shape index (κ1) is 17.0. The van der Waals surface area contributed by atoms with E-state index in [1.54, 1.807) is 6.92 Å². The second kappa shape index (κ2) is 6.96. The van der Waals surface area contributed by atoms with E-state index in [1.165, 1.54) is 11.1 Å². The molecule has 4 nitrogen and oxygen atoms in total. The van der Waals surface area contributed by atoms with Crippen LogP contribution in [0.15, 0.2) is 24.3 Å². The first-order chi connectivity index (χ1) is 11.5. The van der Waals surface area contributed by atoms with E-state index in [9.17, 15) is 9.59 Å². The van der Waals surface area contributed by atoms with Gasteiger partial charge in [-0.05, 0) is 56.6 Å². The number of carbonyl (C=O) groups excluding carboxylic acids is 2. The minimum Gasteiger partial charge on any atom is -0.351 e. The molecule has 3 rings (SSSR count). The highest BCUT2D eigenvalue weighted by Gasteiger charge is 2.33. The zero-order valence-electron chi connectivity index (χ0n) is 14.8. The maximum absolute atomic E-state index is 12.6. The summed E-state index contributed by atoms with van der Waals surface area (Å²) >= 11 is 0. The van der Waals surface area contributed by atoms with Crippen molar-refractivity contribution >= 4 is 11.8 Å². The van der Waals surface area contributed by atoms with Gasteiger partial charge in [-0.3, -0.25) is 9.59 Å². The van der Waals surface area contributed by atoms with Gasteiger partial charge in [0.05, 0.1) is 0 Å². The Bertz CT molecular complexity index is 628. The summed E-state index contributed by atoms with van der Waals surface area (Å²) in [6.07, 6.45) is 6.38. The molecule has 0 unspecified atom stereocenters. The van der Waals surface area contributed by atoms with Crippen LogP contribution in [0.5, 0.6) is 0 Å². The number of hydrogen-bond donors (Lipinski definition) is 1. The number of likely N-dealkylation sites (tertiary alicyclic amines) is 1. The molecule has 1 saturated heterocycles. The number of nitrogens with one attached hydrogen (secondary N) is 1. The van der Waals surface area contributed by atoms with Gasteiger partial charge in [0.1, 0.15) is 0 Å². The second-order valence-electron chi connectivity index (χ2n) is 7.62. The average molecular weight is 328 g/mol. The Kier molecular flexibility index (Phi) is 4.93. The van der Waals surface area contributed by atoms with E-state index in [4.69, 9.17) is 0 Å². The summed E-state index contributed by atoms with van der Waals surface area (Å²) in [7, 11) is 0. The maximum atomic E-state index is 12.6. The van der Waals surface area contributed by atoms with Crippen LogP contribution in [0.4, 0.5) is 0 Å². The molecule has 0 spiro atoms. The number of aryl methyl sites for hydroxylation is 1. The Balaban J connectivity index is 1.61. The summed E-state index contributed by atoms with van der Waals surface area (Å²) in [5, 5.41) is 3.27. The van der Waals surface area contributed by atoms with Gasteiger partial charge in [0.25, 0.3) is 0 Å². The Morgan fingerprint density at radius 2 is 2.00 bits per heavy atom. The van der Waals surface area contributed by atoms with Crippen LogP contribution in [-0.2, 0) is 22.4 Å². The molecule has 2 aliphatic rings. The van der Waals surface area contributed by atoms with Crippen molar-refractivity contribution < 1.29 is 9.59 Å². The van der Waals surface area contributed by atoms with E-state index in [0.717, 1.165) is 45.1 Å². The molecule has 1 aliphatic carbocycles. The largest absolute Gasteiger partial charge is 0.351 e. The fourth-order valence-corrected chi connectivity index (χ4v) is 4.23. The van der Waals surface area contributed by atoms with Gasteiger partial charge in [0.15, 0.2) is 0 Å². The van der Waals surface area contributed by atoms with Gasteiger partial charge in [-0.25, -0.2) is 0 Å². The number of benzene rings is 1. The molecule has 130 valence electrons. The van der Waals surface area contributed by atoms with Crippen LogP contribution in [0.3, 0.4) is 0 Å². The molecular formula is C20H28N2O2. The van der Waals surface area contributed by atoms with Gasteiger partial charge in [-0.1, -0.05) is 24.3 Å². The van der Waals surface area contributed by atoms with Crippen LogP contribution < -0.4 is 5.32 Å². The van der Waals surface area contributed by atoms with Crippen LogP contribution in [0, 0.1) is 0 Å². The molecule has 1 aliphatic heterocycles. The van der Waals surface area contributed by atoms with Gasteiger partial charge in [-0.15, -0.1) is 0 Å².